The van der Waals surface area contributed by atoms with E-state index in [1.54, 1.807) is 19.1 Å². The fourth-order valence-corrected chi connectivity index (χ4v) is 2.52. The number of aliphatic hydroxyl groups is 1. The average Bonchev–Trinajstić information content (AvgIpc) is 2.44. The molecule has 0 heterocycles. The Bertz CT molecular complexity index is 526. The van der Waals surface area contributed by atoms with Gasteiger partial charge in [-0.25, -0.2) is 4.79 Å². The minimum absolute atomic E-state index is 0.0190. The summed E-state index contributed by atoms with van der Waals surface area (Å²) in [6, 6.07) is 3.78. The number of alkyl halides is 2. The molecule has 0 saturated heterocycles. The van der Waals surface area contributed by atoms with Crippen molar-refractivity contribution < 1.29 is 23.4 Å². The number of rotatable bonds is 4. The van der Waals surface area contributed by atoms with E-state index in [1.807, 2.05) is 0 Å². The predicted molar refractivity (Wildman–Crippen MR) is 78.2 cm³/mol. The van der Waals surface area contributed by atoms with Gasteiger partial charge in [-0.15, -0.1) is 0 Å². The molecular formula is C15H20F2N2O3. The molecule has 7 heteroatoms. The van der Waals surface area contributed by atoms with Crippen molar-refractivity contribution in [3.63, 3.8) is 0 Å². The first-order chi connectivity index (χ1) is 10.5. The minimum Gasteiger partial charge on any atom is -0.434 e. The van der Waals surface area contributed by atoms with Crippen LogP contribution in [0.1, 0.15) is 31.2 Å². The van der Waals surface area contributed by atoms with Crippen LogP contribution in [-0.4, -0.2) is 29.9 Å². The van der Waals surface area contributed by atoms with Crippen LogP contribution in [0.3, 0.4) is 0 Å². The number of nitrogens with one attached hydrogen (secondary N) is 2. The number of hydrogen-bond acceptors (Lipinski definition) is 3. The van der Waals surface area contributed by atoms with Gasteiger partial charge in [0.15, 0.2) is 0 Å². The van der Waals surface area contributed by atoms with Crippen molar-refractivity contribution in [2.75, 3.05) is 5.32 Å². The highest BCUT2D eigenvalue weighted by molar-refractivity contribution is 5.89. The van der Waals surface area contributed by atoms with E-state index in [4.69, 9.17) is 0 Å². The highest BCUT2D eigenvalue weighted by Gasteiger charge is 2.24. The van der Waals surface area contributed by atoms with E-state index in [1.165, 1.54) is 6.07 Å². The van der Waals surface area contributed by atoms with Gasteiger partial charge in [0.1, 0.15) is 5.75 Å². The Morgan fingerprint density at radius 2 is 2.09 bits per heavy atom. The third-order valence-corrected chi connectivity index (χ3v) is 3.71. The van der Waals surface area contributed by atoms with Crippen molar-refractivity contribution >= 4 is 11.7 Å². The van der Waals surface area contributed by atoms with Gasteiger partial charge < -0.3 is 20.5 Å². The number of carbonyl (C=O) groups is 1. The third-order valence-electron chi connectivity index (χ3n) is 3.71. The van der Waals surface area contributed by atoms with E-state index in [0.29, 0.717) is 17.7 Å². The molecular weight excluding hydrogens is 294 g/mol. The molecule has 0 bridgehead atoms. The summed E-state index contributed by atoms with van der Waals surface area (Å²) >= 11 is 0. The highest BCUT2D eigenvalue weighted by atomic mass is 19.3. The van der Waals surface area contributed by atoms with Crippen LogP contribution in [0.2, 0.25) is 0 Å². The van der Waals surface area contributed by atoms with Crippen LogP contribution in [-0.2, 0) is 0 Å². The lowest BCUT2D eigenvalue weighted by molar-refractivity contribution is -0.0502. The zero-order chi connectivity index (χ0) is 16.1. The van der Waals surface area contributed by atoms with Crippen molar-refractivity contribution in [2.24, 2.45) is 0 Å². The molecule has 3 N–H and O–H groups in total. The van der Waals surface area contributed by atoms with Crippen LogP contribution in [0.5, 0.6) is 5.75 Å². The Hall–Kier alpha value is -1.89. The number of aliphatic hydroxyl groups excluding tert-OH is 1. The summed E-state index contributed by atoms with van der Waals surface area (Å²) < 4.78 is 29.0. The molecule has 22 heavy (non-hydrogen) atoms. The van der Waals surface area contributed by atoms with E-state index in [-0.39, 0.29) is 11.8 Å². The van der Waals surface area contributed by atoms with Crippen LogP contribution >= 0.6 is 0 Å². The molecule has 2 atom stereocenters. The lowest BCUT2D eigenvalue weighted by Crippen LogP contribution is -2.46. The fourth-order valence-electron chi connectivity index (χ4n) is 2.52. The Labute approximate surface area is 127 Å². The van der Waals surface area contributed by atoms with Gasteiger partial charge in [0.25, 0.3) is 0 Å². The maximum atomic E-state index is 12.3. The molecule has 1 saturated carbocycles. The third kappa shape index (κ3) is 4.56. The molecule has 2 rings (SSSR count). The second-order valence-electron chi connectivity index (χ2n) is 5.42. The Morgan fingerprint density at radius 1 is 1.36 bits per heavy atom. The standard InChI is InChI=1S/C15H20F2N2O3/c1-9-6-7-10(8-13(9)22-14(16)17)18-15(21)19-11-4-2-3-5-12(11)20/h6-8,11-12,14,20H,2-5H2,1H3,(H2,18,19,21). The van der Waals surface area contributed by atoms with Gasteiger partial charge in [-0.05, 0) is 31.4 Å². The topological polar surface area (TPSA) is 70.6 Å². The summed E-state index contributed by atoms with van der Waals surface area (Å²) in [4.78, 5) is 11.9. The largest absolute Gasteiger partial charge is 0.434 e. The average molecular weight is 314 g/mol. The van der Waals surface area contributed by atoms with E-state index in [2.05, 4.69) is 15.4 Å². The van der Waals surface area contributed by atoms with Crippen LogP contribution in [0, 0.1) is 6.92 Å². The summed E-state index contributed by atoms with van der Waals surface area (Å²) in [7, 11) is 0. The van der Waals surface area contributed by atoms with Crippen molar-refractivity contribution in [1.29, 1.82) is 0 Å². The summed E-state index contributed by atoms with van der Waals surface area (Å²) in [5, 5.41) is 15.1. The number of benzene rings is 1. The normalized spacial score (nSPS) is 21.5. The smallest absolute Gasteiger partial charge is 0.387 e. The van der Waals surface area contributed by atoms with Crippen LogP contribution in [0.4, 0.5) is 19.3 Å². The first-order valence-corrected chi connectivity index (χ1v) is 7.27. The molecule has 1 aromatic rings. The van der Waals surface area contributed by atoms with E-state index < -0.39 is 18.7 Å². The van der Waals surface area contributed by atoms with Crippen LogP contribution < -0.4 is 15.4 Å². The lowest BCUT2D eigenvalue weighted by atomic mass is 9.93. The van der Waals surface area contributed by atoms with Gasteiger partial charge in [-0.1, -0.05) is 18.9 Å². The minimum atomic E-state index is -2.92. The number of anilines is 1. The first kappa shape index (κ1) is 16.5. The molecule has 1 aromatic carbocycles. The summed E-state index contributed by atoms with van der Waals surface area (Å²) in [6.45, 7) is -1.28. The first-order valence-electron chi connectivity index (χ1n) is 7.27. The monoisotopic (exact) mass is 314 g/mol. The van der Waals surface area contributed by atoms with Gasteiger partial charge in [0, 0.05) is 11.8 Å². The fraction of sp³-hybridized carbons (Fsp3) is 0.533. The van der Waals surface area contributed by atoms with E-state index in [9.17, 15) is 18.7 Å². The zero-order valence-electron chi connectivity index (χ0n) is 12.3. The number of ether oxygens (including phenoxy) is 1. The molecule has 5 nitrogen and oxygen atoms in total. The van der Waals surface area contributed by atoms with Crippen molar-refractivity contribution in [3.05, 3.63) is 23.8 Å². The molecule has 1 aliphatic rings. The molecule has 2 unspecified atom stereocenters. The Morgan fingerprint density at radius 3 is 2.77 bits per heavy atom. The van der Waals surface area contributed by atoms with Crippen molar-refractivity contribution in [3.8, 4) is 5.75 Å². The molecule has 0 spiro atoms. The summed E-state index contributed by atoms with van der Waals surface area (Å²) in [5.41, 5.74) is 0.901. The second kappa shape index (κ2) is 7.40. The van der Waals surface area contributed by atoms with Gasteiger partial charge in [-0.3, -0.25) is 0 Å². The van der Waals surface area contributed by atoms with Crippen LogP contribution in [0.25, 0.3) is 0 Å². The van der Waals surface area contributed by atoms with Crippen molar-refractivity contribution in [2.45, 2.75) is 51.4 Å². The molecule has 1 fully saturated rings. The lowest BCUT2D eigenvalue weighted by Gasteiger charge is -2.28. The van der Waals surface area contributed by atoms with E-state index >= 15 is 0 Å². The summed E-state index contributed by atoms with van der Waals surface area (Å²) in [5.74, 6) is 0.0190. The number of aryl methyl sites for hydroxylation is 1. The molecule has 0 aliphatic heterocycles. The van der Waals surface area contributed by atoms with E-state index in [0.717, 1.165) is 19.3 Å². The number of carbonyl (C=O) groups excluding carboxylic acids is 1. The molecule has 122 valence electrons. The maximum absolute atomic E-state index is 12.3. The van der Waals surface area contributed by atoms with Gasteiger partial charge >= 0.3 is 12.6 Å². The highest BCUT2D eigenvalue weighted by Crippen LogP contribution is 2.24. The number of amides is 2. The Balaban J connectivity index is 1.96. The second-order valence-corrected chi connectivity index (χ2v) is 5.42. The molecule has 0 aromatic heterocycles. The number of hydrogen-bond donors (Lipinski definition) is 3. The predicted octanol–water partition coefficient (Wildman–Crippen LogP) is 3.02. The number of halogens is 2. The SMILES string of the molecule is Cc1ccc(NC(=O)NC2CCCCC2O)cc1OC(F)F. The quantitative estimate of drug-likeness (QED) is 0.800. The summed E-state index contributed by atoms with van der Waals surface area (Å²) in [6.07, 6.45) is 2.76. The molecule has 1 aliphatic carbocycles. The van der Waals surface area contributed by atoms with Gasteiger partial charge in [-0.2, -0.15) is 8.78 Å². The zero-order valence-corrected chi connectivity index (χ0v) is 12.3. The Kier molecular flexibility index (Phi) is 5.54. The number of urea groups is 1. The maximum Gasteiger partial charge on any atom is 0.387 e. The van der Waals surface area contributed by atoms with Gasteiger partial charge in [0.2, 0.25) is 0 Å². The molecule has 2 amide bonds. The van der Waals surface area contributed by atoms with Crippen molar-refractivity contribution in [1.82, 2.24) is 5.32 Å². The molecule has 0 radical (unpaired) electrons. The van der Waals surface area contributed by atoms with Crippen LogP contribution in [0.15, 0.2) is 18.2 Å². The van der Waals surface area contributed by atoms with Gasteiger partial charge in [0.05, 0.1) is 12.1 Å².